The van der Waals surface area contributed by atoms with Crippen LogP contribution < -0.4 is 15.4 Å². The number of nitrogens with one attached hydrogen (secondary N) is 3. The minimum absolute atomic E-state index is 0.0423. The second-order valence-corrected chi connectivity index (χ2v) is 8.22. The Balaban J connectivity index is 1.78. The van der Waals surface area contributed by atoms with Crippen LogP contribution in [0.3, 0.4) is 0 Å². The molecule has 1 aromatic rings. The monoisotopic (exact) mass is 353 g/mol. The third-order valence-corrected chi connectivity index (χ3v) is 5.67. The molecule has 0 aliphatic heterocycles. The van der Waals surface area contributed by atoms with Crippen LogP contribution in [0.1, 0.15) is 49.7 Å². The molecule has 0 aromatic heterocycles. The van der Waals surface area contributed by atoms with Gasteiger partial charge in [-0.15, -0.1) is 0 Å². The molecule has 2 rings (SSSR count). The number of hydrogen-bond donors (Lipinski definition) is 3. The summed E-state index contributed by atoms with van der Waals surface area (Å²) in [6.45, 7) is 0.428. The highest BCUT2D eigenvalue weighted by atomic mass is 32.2. The molecule has 0 radical (unpaired) electrons. The zero-order chi connectivity index (χ0) is 17.4. The number of urea groups is 1. The second kappa shape index (κ2) is 9.03. The molecule has 1 aliphatic carbocycles. The summed E-state index contributed by atoms with van der Waals surface area (Å²) < 4.78 is 25.3. The molecular formula is C17H27N3O3S. The Kier molecular flexibility index (Phi) is 7.05. The van der Waals surface area contributed by atoms with Crippen molar-refractivity contribution in [3.8, 4) is 0 Å². The van der Waals surface area contributed by atoms with Crippen LogP contribution in [0, 0.1) is 0 Å². The SMILES string of the molecule is CNS(=O)(=O)Cc1ccc(CNC(=O)NC2CCCCCC2)cc1. The fraction of sp³-hybridized carbons (Fsp3) is 0.588. The van der Waals surface area contributed by atoms with Gasteiger partial charge < -0.3 is 10.6 Å². The van der Waals surface area contributed by atoms with Gasteiger partial charge in [0.05, 0.1) is 5.75 Å². The second-order valence-electron chi connectivity index (χ2n) is 6.30. The van der Waals surface area contributed by atoms with Gasteiger partial charge in [-0.1, -0.05) is 49.9 Å². The molecule has 0 atom stereocenters. The van der Waals surface area contributed by atoms with Gasteiger partial charge in [0.25, 0.3) is 0 Å². The zero-order valence-electron chi connectivity index (χ0n) is 14.2. The Hall–Kier alpha value is -1.60. The Labute approximate surface area is 144 Å². The fourth-order valence-corrected chi connectivity index (χ4v) is 3.66. The number of carbonyl (C=O) groups excluding carboxylic acids is 1. The average Bonchev–Trinajstić information content (AvgIpc) is 2.82. The standard InChI is InChI=1S/C17H27N3O3S/c1-18-24(22,23)13-15-10-8-14(9-11-15)12-19-17(21)20-16-6-4-2-3-5-7-16/h8-11,16,18H,2-7,12-13H2,1H3,(H2,19,20,21). The van der Waals surface area contributed by atoms with Crippen LogP contribution in [0.4, 0.5) is 4.79 Å². The lowest BCUT2D eigenvalue weighted by molar-refractivity contribution is 0.235. The van der Waals surface area contributed by atoms with Crippen molar-refractivity contribution < 1.29 is 13.2 Å². The fourth-order valence-electron chi connectivity index (χ4n) is 2.89. The third kappa shape index (κ3) is 6.49. The van der Waals surface area contributed by atoms with Crippen molar-refractivity contribution in [2.75, 3.05) is 7.05 Å². The predicted molar refractivity (Wildman–Crippen MR) is 95.0 cm³/mol. The lowest BCUT2D eigenvalue weighted by Gasteiger charge is -2.16. The average molecular weight is 353 g/mol. The predicted octanol–water partition coefficient (Wildman–Crippen LogP) is 2.26. The number of hydrogen-bond acceptors (Lipinski definition) is 3. The maximum absolute atomic E-state index is 12.0. The van der Waals surface area contributed by atoms with Crippen LogP contribution in [0.5, 0.6) is 0 Å². The van der Waals surface area contributed by atoms with Crippen molar-refractivity contribution in [2.24, 2.45) is 0 Å². The molecule has 1 saturated carbocycles. The highest BCUT2D eigenvalue weighted by molar-refractivity contribution is 7.88. The molecule has 0 saturated heterocycles. The number of sulfonamides is 1. The third-order valence-electron chi connectivity index (χ3n) is 4.33. The first-order chi connectivity index (χ1) is 11.5. The molecule has 0 unspecified atom stereocenters. The lowest BCUT2D eigenvalue weighted by atomic mass is 10.1. The molecule has 0 heterocycles. The van der Waals surface area contributed by atoms with E-state index >= 15 is 0 Å². The Morgan fingerprint density at radius 2 is 1.62 bits per heavy atom. The summed E-state index contributed by atoms with van der Waals surface area (Å²) in [6, 6.07) is 7.37. The molecule has 1 fully saturated rings. The number of rotatable bonds is 6. The Morgan fingerprint density at radius 3 is 2.21 bits per heavy atom. The van der Waals surface area contributed by atoms with E-state index in [1.54, 1.807) is 12.1 Å². The van der Waals surface area contributed by atoms with E-state index in [4.69, 9.17) is 0 Å². The first-order valence-electron chi connectivity index (χ1n) is 8.52. The van der Waals surface area contributed by atoms with Crippen LogP contribution in [0.15, 0.2) is 24.3 Å². The van der Waals surface area contributed by atoms with E-state index in [0.717, 1.165) is 24.0 Å². The quantitative estimate of drug-likeness (QED) is 0.686. The maximum atomic E-state index is 12.0. The van der Waals surface area contributed by atoms with E-state index < -0.39 is 10.0 Å². The first kappa shape index (κ1) is 18.7. The topological polar surface area (TPSA) is 87.3 Å². The summed E-state index contributed by atoms with van der Waals surface area (Å²) >= 11 is 0. The van der Waals surface area contributed by atoms with Gasteiger partial charge in [0.15, 0.2) is 0 Å². The van der Waals surface area contributed by atoms with Crippen LogP contribution >= 0.6 is 0 Å². The molecule has 6 nitrogen and oxygen atoms in total. The van der Waals surface area contributed by atoms with Crippen LogP contribution in [-0.4, -0.2) is 27.5 Å². The normalized spacial score (nSPS) is 16.4. The van der Waals surface area contributed by atoms with E-state index in [9.17, 15) is 13.2 Å². The van der Waals surface area contributed by atoms with E-state index in [1.165, 1.54) is 32.7 Å². The first-order valence-corrected chi connectivity index (χ1v) is 10.2. The maximum Gasteiger partial charge on any atom is 0.315 e. The van der Waals surface area contributed by atoms with Crippen molar-refractivity contribution in [1.82, 2.24) is 15.4 Å². The van der Waals surface area contributed by atoms with Crippen molar-refractivity contribution in [3.05, 3.63) is 35.4 Å². The molecule has 1 aromatic carbocycles. The van der Waals surface area contributed by atoms with Gasteiger partial charge in [0.1, 0.15) is 0 Å². The molecule has 0 spiro atoms. The van der Waals surface area contributed by atoms with Gasteiger partial charge in [0, 0.05) is 12.6 Å². The summed E-state index contributed by atoms with van der Waals surface area (Å²) in [5.74, 6) is -0.0423. The van der Waals surface area contributed by atoms with Crippen LogP contribution in [-0.2, 0) is 22.3 Å². The Morgan fingerprint density at radius 1 is 1.04 bits per heavy atom. The molecule has 0 bridgehead atoms. The molecule has 2 amide bonds. The smallest absolute Gasteiger partial charge is 0.315 e. The van der Waals surface area contributed by atoms with E-state index in [2.05, 4.69) is 15.4 Å². The minimum atomic E-state index is -3.26. The summed E-state index contributed by atoms with van der Waals surface area (Å²) in [5, 5.41) is 5.91. The van der Waals surface area contributed by atoms with Gasteiger partial charge >= 0.3 is 6.03 Å². The summed E-state index contributed by atoms with van der Waals surface area (Å²) in [4.78, 5) is 12.0. The minimum Gasteiger partial charge on any atom is -0.335 e. The molecule has 1 aliphatic rings. The van der Waals surface area contributed by atoms with Gasteiger partial charge in [-0.2, -0.15) is 0 Å². The molecule has 134 valence electrons. The van der Waals surface area contributed by atoms with Crippen LogP contribution in [0.25, 0.3) is 0 Å². The summed E-state index contributed by atoms with van der Waals surface area (Å²) in [6.07, 6.45) is 7.00. The van der Waals surface area contributed by atoms with Crippen molar-refractivity contribution in [2.45, 2.75) is 56.9 Å². The highest BCUT2D eigenvalue weighted by Gasteiger charge is 2.14. The van der Waals surface area contributed by atoms with Gasteiger partial charge in [0.2, 0.25) is 10.0 Å². The van der Waals surface area contributed by atoms with E-state index in [1.807, 2.05) is 12.1 Å². The van der Waals surface area contributed by atoms with Gasteiger partial charge in [-0.05, 0) is 31.0 Å². The van der Waals surface area contributed by atoms with E-state index in [0.29, 0.717) is 6.54 Å². The molecule has 24 heavy (non-hydrogen) atoms. The molecule has 7 heteroatoms. The summed E-state index contributed by atoms with van der Waals surface area (Å²) in [7, 11) is -1.86. The van der Waals surface area contributed by atoms with E-state index in [-0.39, 0.29) is 17.8 Å². The number of carbonyl (C=O) groups is 1. The zero-order valence-corrected chi connectivity index (χ0v) is 15.0. The number of benzene rings is 1. The molecule has 3 N–H and O–H groups in total. The van der Waals surface area contributed by atoms with Crippen molar-refractivity contribution in [1.29, 1.82) is 0 Å². The summed E-state index contributed by atoms with van der Waals surface area (Å²) in [5.41, 5.74) is 1.66. The highest BCUT2D eigenvalue weighted by Crippen LogP contribution is 2.17. The largest absolute Gasteiger partial charge is 0.335 e. The Bertz CT molecular complexity index is 621. The lowest BCUT2D eigenvalue weighted by Crippen LogP contribution is -2.41. The number of amides is 2. The van der Waals surface area contributed by atoms with Crippen molar-refractivity contribution in [3.63, 3.8) is 0 Å². The van der Waals surface area contributed by atoms with Crippen LogP contribution in [0.2, 0.25) is 0 Å². The molecular weight excluding hydrogens is 326 g/mol. The van der Waals surface area contributed by atoms with Gasteiger partial charge in [-0.3, -0.25) is 0 Å². The van der Waals surface area contributed by atoms with Gasteiger partial charge in [-0.25, -0.2) is 17.9 Å². The van der Waals surface area contributed by atoms with Crippen molar-refractivity contribution >= 4 is 16.1 Å².